The fraction of sp³-hybridized carbons (Fsp3) is 0.902. The molecule has 2 atom stereocenters. The topological polar surface area (TPSA) is 95.9 Å². The summed E-state index contributed by atoms with van der Waals surface area (Å²) in [5.74, 6) is -0.0212. The zero-order valence-electron chi connectivity index (χ0n) is 59.7. The van der Waals surface area contributed by atoms with E-state index >= 15 is 0 Å². The number of amides is 1. The van der Waals surface area contributed by atoms with E-state index in [0.717, 1.165) is 51.4 Å². The maximum absolute atomic E-state index is 12.6. The molecule has 2 unspecified atom stereocenters. The molecule has 0 saturated heterocycles. The molecular weight excluding hydrogens is 1080 g/mol. The van der Waals surface area contributed by atoms with Crippen molar-refractivity contribution in [2.24, 2.45) is 0 Å². The Morgan fingerprint density at radius 2 is 0.568 bits per heavy atom. The minimum atomic E-state index is -0.664. The first kappa shape index (κ1) is 86.1. The van der Waals surface area contributed by atoms with E-state index in [1.807, 2.05) is 0 Å². The minimum Gasteiger partial charge on any atom is -0.466 e. The molecule has 0 aromatic heterocycles. The monoisotopic (exact) mass is 1240 g/mol. The van der Waals surface area contributed by atoms with Gasteiger partial charge in [-0.3, -0.25) is 9.59 Å². The van der Waals surface area contributed by atoms with Crippen LogP contribution in [0.5, 0.6) is 0 Å². The summed E-state index contributed by atoms with van der Waals surface area (Å²) < 4.78 is 5.49. The molecule has 0 rings (SSSR count). The van der Waals surface area contributed by atoms with Crippen molar-refractivity contribution in [1.29, 1.82) is 0 Å². The van der Waals surface area contributed by atoms with Gasteiger partial charge >= 0.3 is 5.97 Å². The third-order valence-electron chi connectivity index (χ3n) is 18.9. The number of allylic oxidation sites excluding steroid dienone is 6. The summed E-state index contributed by atoms with van der Waals surface area (Å²) in [5, 5.41) is 23.5. The van der Waals surface area contributed by atoms with Crippen molar-refractivity contribution in [2.75, 3.05) is 13.2 Å². The van der Waals surface area contributed by atoms with Gasteiger partial charge < -0.3 is 20.3 Å². The van der Waals surface area contributed by atoms with Gasteiger partial charge in [-0.1, -0.05) is 391 Å². The second-order valence-electron chi connectivity index (χ2n) is 27.7. The maximum atomic E-state index is 12.6. The van der Waals surface area contributed by atoms with Gasteiger partial charge in [0.25, 0.3) is 0 Å². The third kappa shape index (κ3) is 73.1. The first-order chi connectivity index (χ1) is 43.5. The van der Waals surface area contributed by atoms with Gasteiger partial charge in [0.05, 0.1) is 25.4 Å². The highest BCUT2D eigenvalue weighted by Gasteiger charge is 2.20. The molecule has 520 valence electrons. The number of unbranched alkanes of at least 4 members (excludes halogenated alkanes) is 59. The quantitative estimate of drug-likeness (QED) is 0.0320. The van der Waals surface area contributed by atoms with Crippen LogP contribution in [0.3, 0.4) is 0 Å². The Balaban J connectivity index is 3.36. The molecule has 0 radical (unpaired) electrons. The summed E-state index contributed by atoms with van der Waals surface area (Å²) >= 11 is 0. The fourth-order valence-corrected chi connectivity index (χ4v) is 12.8. The molecule has 0 bridgehead atoms. The molecule has 6 heteroatoms. The van der Waals surface area contributed by atoms with Crippen LogP contribution < -0.4 is 5.32 Å². The molecule has 0 aliphatic heterocycles. The van der Waals surface area contributed by atoms with Crippen LogP contribution in [0.4, 0.5) is 0 Å². The first-order valence-electron chi connectivity index (χ1n) is 40.2. The number of carbonyl (C=O) groups is 2. The molecule has 0 spiro atoms. The van der Waals surface area contributed by atoms with E-state index in [1.165, 1.54) is 366 Å². The molecule has 0 aliphatic carbocycles. The van der Waals surface area contributed by atoms with Gasteiger partial charge in [0.1, 0.15) is 0 Å². The summed E-state index contributed by atoms with van der Waals surface area (Å²) in [6.45, 7) is 4.97. The first-order valence-corrected chi connectivity index (χ1v) is 40.2. The van der Waals surface area contributed by atoms with E-state index < -0.39 is 12.1 Å². The number of aliphatic hydroxyl groups is 2. The van der Waals surface area contributed by atoms with Crippen LogP contribution in [0, 0.1) is 0 Å². The zero-order chi connectivity index (χ0) is 63.5. The van der Waals surface area contributed by atoms with Crippen LogP contribution >= 0.6 is 0 Å². The number of nitrogens with one attached hydrogen (secondary N) is 1. The molecule has 0 aromatic carbocycles. The van der Waals surface area contributed by atoms with Crippen molar-refractivity contribution in [3.8, 4) is 0 Å². The Kier molecular flexibility index (Phi) is 75.8. The Bertz CT molecular complexity index is 1430. The molecule has 0 heterocycles. The third-order valence-corrected chi connectivity index (χ3v) is 18.9. The minimum absolute atomic E-state index is 0.00537. The van der Waals surface area contributed by atoms with Gasteiger partial charge in [-0.25, -0.2) is 0 Å². The van der Waals surface area contributed by atoms with Crippen LogP contribution in [0.25, 0.3) is 0 Å². The van der Waals surface area contributed by atoms with E-state index in [4.69, 9.17) is 4.74 Å². The number of esters is 1. The summed E-state index contributed by atoms with van der Waals surface area (Å²) in [6.07, 6.45) is 101. The van der Waals surface area contributed by atoms with Gasteiger partial charge in [0.2, 0.25) is 5.91 Å². The highest BCUT2D eigenvalue weighted by atomic mass is 16.5. The van der Waals surface area contributed by atoms with Gasteiger partial charge in [0.15, 0.2) is 0 Å². The molecule has 0 aliphatic rings. The summed E-state index contributed by atoms with van der Waals surface area (Å²) in [7, 11) is 0. The van der Waals surface area contributed by atoms with Crippen molar-refractivity contribution in [1.82, 2.24) is 5.32 Å². The highest BCUT2D eigenvalue weighted by molar-refractivity contribution is 5.76. The molecular formula is C82H157NO5. The highest BCUT2D eigenvalue weighted by Crippen LogP contribution is 2.20. The number of hydrogen-bond acceptors (Lipinski definition) is 5. The second kappa shape index (κ2) is 77.5. The zero-order valence-corrected chi connectivity index (χ0v) is 59.7. The summed E-state index contributed by atoms with van der Waals surface area (Å²) in [5.41, 5.74) is 0. The predicted octanol–water partition coefficient (Wildman–Crippen LogP) is 26.6. The number of aliphatic hydroxyl groups excluding tert-OH is 2. The fourth-order valence-electron chi connectivity index (χ4n) is 12.8. The lowest BCUT2D eigenvalue weighted by Gasteiger charge is -2.22. The van der Waals surface area contributed by atoms with Crippen LogP contribution in [-0.4, -0.2) is 47.4 Å². The molecule has 6 nitrogen and oxygen atoms in total. The summed E-state index contributed by atoms with van der Waals surface area (Å²) in [6, 6.07) is -0.541. The average molecular weight is 1240 g/mol. The van der Waals surface area contributed by atoms with Crippen molar-refractivity contribution in [3.63, 3.8) is 0 Å². The lowest BCUT2D eigenvalue weighted by atomic mass is 10.0. The Labute approximate surface area is 551 Å². The molecule has 1 amide bonds. The SMILES string of the molecule is CCCCC/C=C\C/C=C\CCCCCCCC(=O)OCCCCCCCCCCCCCC/C=C\CCCCCCCCCCCCCCCCCCCC(=O)NC(CO)C(O)CCCCCCCCCCCCCCCCCCCCCCCCC. The average Bonchev–Trinajstić information content (AvgIpc) is 3.58. The predicted molar refractivity (Wildman–Crippen MR) is 389 cm³/mol. The number of rotatable bonds is 76. The second-order valence-corrected chi connectivity index (χ2v) is 27.7. The number of carbonyl (C=O) groups excluding carboxylic acids is 2. The Morgan fingerprint density at radius 3 is 0.898 bits per heavy atom. The van der Waals surface area contributed by atoms with Crippen LogP contribution in [0.1, 0.15) is 450 Å². The van der Waals surface area contributed by atoms with Gasteiger partial charge in [-0.2, -0.15) is 0 Å². The van der Waals surface area contributed by atoms with Crippen molar-refractivity contribution in [3.05, 3.63) is 36.5 Å². The van der Waals surface area contributed by atoms with E-state index in [2.05, 4.69) is 55.6 Å². The Morgan fingerprint density at radius 1 is 0.318 bits per heavy atom. The van der Waals surface area contributed by atoms with E-state index in [0.29, 0.717) is 25.9 Å². The van der Waals surface area contributed by atoms with Crippen LogP contribution in [0.15, 0.2) is 36.5 Å². The van der Waals surface area contributed by atoms with Gasteiger partial charge in [0, 0.05) is 12.8 Å². The van der Waals surface area contributed by atoms with Crippen molar-refractivity contribution < 1.29 is 24.5 Å². The maximum Gasteiger partial charge on any atom is 0.305 e. The van der Waals surface area contributed by atoms with Crippen LogP contribution in [-0.2, 0) is 14.3 Å². The molecule has 0 fully saturated rings. The standard InChI is InChI=1S/C82H157NO5/c1-3-5-7-9-11-13-15-17-19-20-21-22-34-37-40-43-47-50-54-58-62-66-70-74-80(85)79(78-84)83-81(86)75-71-67-63-59-55-51-48-44-41-38-35-32-30-28-26-24-23-25-27-29-31-33-36-39-42-45-49-53-57-61-65-69-73-77-88-82(87)76-72-68-64-60-56-52-46-18-16-14-12-10-8-6-4-2/h12,14,18,27,29,46,79-80,84-85H,3-11,13,15-17,19-26,28,30-45,47-78H2,1-2H3,(H,83,86)/b14-12-,29-27-,46-18-. The van der Waals surface area contributed by atoms with Gasteiger partial charge in [-0.05, 0) is 83.5 Å². The smallest absolute Gasteiger partial charge is 0.305 e. The van der Waals surface area contributed by atoms with E-state index in [9.17, 15) is 19.8 Å². The largest absolute Gasteiger partial charge is 0.466 e. The molecule has 88 heavy (non-hydrogen) atoms. The van der Waals surface area contributed by atoms with Crippen LogP contribution in [0.2, 0.25) is 0 Å². The van der Waals surface area contributed by atoms with E-state index in [-0.39, 0.29) is 18.5 Å². The number of hydrogen-bond donors (Lipinski definition) is 3. The number of ether oxygens (including phenoxy) is 1. The summed E-state index contributed by atoms with van der Waals surface area (Å²) in [4.78, 5) is 24.7. The van der Waals surface area contributed by atoms with Crippen molar-refractivity contribution >= 4 is 11.9 Å². The van der Waals surface area contributed by atoms with E-state index in [1.54, 1.807) is 0 Å². The van der Waals surface area contributed by atoms with Gasteiger partial charge in [-0.15, -0.1) is 0 Å². The van der Waals surface area contributed by atoms with Crippen molar-refractivity contribution in [2.45, 2.75) is 463 Å². The molecule has 0 aromatic rings. The normalized spacial score (nSPS) is 12.6. The molecule has 3 N–H and O–H groups in total. The molecule has 0 saturated carbocycles. The lowest BCUT2D eigenvalue weighted by molar-refractivity contribution is -0.143. The lowest BCUT2D eigenvalue weighted by Crippen LogP contribution is -2.45. The Hall–Kier alpha value is -1.92.